The number of thioether (sulfide) groups is 1. The molecular weight excluding hydrogens is 324 g/mol. The van der Waals surface area contributed by atoms with Gasteiger partial charge < -0.3 is 10.6 Å². The van der Waals surface area contributed by atoms with Crippen LogP contribution in [0.15, 0.2) is 60.7 Å². The van der Waals surface area contributed by atoms with Crippen molar-refractivity contribution < 1.29 is 9.59 Å². The summed E-state index contributed by atoms with van der Waals surface area (Å²) in [5.74, 6) is -0.0156. The second-order valence-electron chi connectivity index (χ2n) is 5.25. The van der Waals surface area contributed by atoms with Crippen LogP contribution in [-0.2, 0) is 9.59 Å². The van der Waals surface area contributed by atoms with Gasteiger partial charge in [-0.2, -0.15) is 0 Å². The van der Waals surface area contributed by atoms with E-state index in [1.165, 1.54) is 11.8 Å². The van der Waals surface area contributed by atoms with Gasteiger partial charge in [-0.25, -0.2) is 10.9 Å². The van der Waals surface area contributed by atoms with E-state index < -0.39 is 6.04 Å². The van der Waals surface area contributed by atoms with Crippen molar-refractivity contribution in [3.05, 3.63) is 66.2 Å². The highest BCUT2D eigenvalue weighted by molar-refractivity contribution is 8.00. The SMILES string of the molecule is O=C(CSC1NNC(c2ccccc2)C(=O)N1)Nc1ccccc1. The lowest BCUT2D eigenvalue weighted by Crippen LogP contribution is -2.60. The molecule has 0 spiro atoms. The Hall–Kier alpha value is -2.35. The second-order valence-corrected chi connectivity index (χ2v) is 6.34. The zero-order valence-corrected chi connectivity index (χ0v) is 13.7. The first-order valence-electron chi connectivity index (χ1n) is 7.55. The van der Waals surface area contributed by atoms with Gasteiger partial charge in [-0.15, -0.1) is 11.8 Å². The van der Waals surface area contributed by atoms with Gasteiger partial charge in [0.1, 0.15) is 11.5 Å². The van der Waals surface area contributed by atoms with Gasteiger partial charge in [0.25, 0.3) is 0 Å². The van der Waals surface area contributed by atoms with Crippen LogP contribution in [0.4, 0.5) is 5.69 Å². The van der Waals surface area contributed by atoms with E-state index in [0.717, 1.165) is 11.3 Å². The summed E-state index contributed by atoms with van der Waals surface area (Å²) in [7, 11) is 0. The molecule has 0 aromatic heterocycles. The number of anilines is 1. The van der Waals surface area contributed by atoms with E-state index in [-0.39, 0.29) is 23.1 Å². The Bertz CT molecular complexity index is 696. The minimum atomic E-state index is -0.443. The molecule has 2 amide bonds. The zero-order valence-electron chi connectivity index (χ0n) is 12.9. The molecule has 0 aliphatic carbocycles. The molecule has 124 valence electrons. The van der Waals surface area contributed by atoms with Crippen molar-refractivity contribution in [2.45, 2.75) is 11.5 Å². The fourth-order valence-corrected chi connectivity index (χ4v) is 3.06. The number of carbonyl (C=O) groups is 2. The molecule has 2 aromatic carbocycles. The Morgan fingerprint density at radius 1 is 1.00 bits per heavy atom. The van der Waals surface area contributed by atoms with Crippen LogP contribution in [0.1, 0.15) is 11.6 Å². The van der Waals surface area contributed by atoms with Crippen LogP contribution in [0.5, 0.6) is 0 Å². The maximum atomic E-state index is 12.2. The molecule has 4 N–H and O–H groups in total. The number of hydrogen-bond donors (Lipinski definition) is 4. The normalized spacial score (nSPS) is 20.2. The summed E-state index contributed by atoms with van der Waals surface area (Å²) in [5, 5.41) is 5.66. The first kappa shape index (κ1) is 16.5. The van der Waals surface area contributed by atoms with E-state index in [2.05, 4.69) is 21.5 Å². The van der Waals surface area contributed by atoms with Gasteiger partial charge >= 0.3 is 0 Å². The third-order valence-electron chi connectivity index (χ3n) is 3.47. The molecular formula is C17H18N4O2S. The van der Waals surface area contributed by atoms with Gasteiger partial charge in [0.2, 0.25) is 11.8 Å². The molecule has 1 aliphatic rings. The molecule has 0 radical (unpaired) electrons. The lowest BCUT2D eigenvalue weighted by Gasteiger charge is -2.31. The fraction of sp³-hybridized carbons (Fsp3) is 0.176. The molecule has 1 heterocycles. The second kappa shape index (κ2) is 7.96. The van der Waals surface area contributed by atoms with Crippen LogP contribution in [-0.4, -0.2) is 23.1 Å². The highest BCUT2D eigenvalue weighted by Crippen LogP contribution is 2.17. The van der Waals surface area contributed by atoms with E-state index in [1.807, 2.05) is 60.7 Å². The molecule has 3 rings (SSSR count). The zero-order chi connectivity index (χ0) is 16.8. The Balaban J connectivity index is 1.46. The lowest BCUT2D eigenvalue weighted by atomic mass is 10.1. The van der Waals surface area contributed by atoms with Crippen molar-refractivity contribution in [2.75, 3.05) is 11.1 Å². The molecule has 2 unspecified atom stereocenters. The predicted octanol–water partition coefficient (Wildman–Crippen LogP) is 1.61. The molecule has 7 heteroatoms. The van der Waals surface area contributed by atoms with E-state index in [0.29, 0.717) is 0 Å². The summed E-state index contributed by atoms with van der Waals surface area (Å²) < 4.78 is 0. The van der Waals surface area contributed by atoms with Crippen molar-refractivity contribution in [3.63, 3.8) is 0 Å². The van der Waals surface area contributed by atoms with E-state index in [9.17, 15) is 9.59 Å². The fourth-order valence-electron chi connectivity index (χ4n) is 2.31. The first-order valence-corrected chi connectivity index (χ1v) is 8.60. The maximum Gasteiger partial charge on any atom is 0.244 e. The summed E-state index contributed by atoms with van der Waals surface area (Å²) >= 11 is 1.31. The standard InChI is InChI=1S/C17H18N4O2S/c22-14(18-13-9-5-2-6-10-13)11-24-17-19-16(23)15(20-21-17)12-7-3-1-4-8-12/h1-10,15,17,20-21H,11H2,(H,18,22)(H,19,23). The van der Waals surface area contributed by atoms with Gasteiger partial charge in [0, 0.05) is 5.69 Å². The summed E-state index contributed by atoms with van der Waals surface area (Å²) in [5.41, 5.74) is 7.29. The smallest absolute Gasteiger partial charge is 0.244 e. The van der Waals surface area contributed by atoms with Gasteiger partial charge in [-0.1, -0.05) is 48.5 Å². The third kappa shape index (κ3) is 4.35. The first-order chi connectivity index (χ1) is 11.7. The highest BCUT2D eigenvalue weighted by atomic mass is 32.2. The number of amides is 2. The summed E-state index contributed by atoms with van der Waals surface area (Å²) in [6, 6.07) is 18.3. The van der Waals surface area contributed by atoms with Crippen molar-refractivity contribution in [3.8, 4) is 0 Å². The van der Waals surface area contributed by atoms with Crippen LogP contribution in [0.3, 0.4) is 0 Å². The number of hydrazine groups is 1. The molecule has 0 bridgehead atoms. The van der Waals surface area contributed by atoms with Crippen molar-refractivity contribution >= 4 is 29.3 Å². The quantitative estimate of drug-likeness (QED) is 0.664. The summed E-state index contributed by atoms with van der Waals surface area (Å²) in [4.78, 5) is 24.1. The van der Waals surface area contributed by atoms with Gasteiger partial charge in [-0.3, -0.25) is 9.59 Å². The van der Waals surface area contributed by atoms with Crippen molar-refractivity contribution in [1.29, 1.82) is 0 Å². The average Bonchev–Trinajstić information content (AvgIpc) is 2.62. The molecule has 6 nitrogen and oxygen atoms in total. The number of hydrogen-bond acceptors (Lipinski definition) is 5. The van der Waals surface area contributed by atoms with Crippen molar-refractivity contribution in [1.82, 2.24) is 16.2 Å². The highest BCUT2D eigenvalue weighted by Gasteiger charge is 2.28. The van der Waals surface area contributed by atoms with E-state index in [1.54, 1.807) is 0 Å². The molecule has 1 fully saturated rings. The molecule has 1 saturated heterocycles. The lowest BCUT2D eigenvalue weighted by molar-refractivity contribution is -0.126. The predicted molar refractivity (Wildman–Crippen MR) is 94.9 cm³/mol. The van der Waals surface area contributed by atoms with Crippen molar-refractivity contribution in [2.24, 2.45) is 0 Å². The molecule has 24 heavy (non-hydrogen) atoms. The molecule has 2 aromatic rings. The Labute approximate surface area is 144 Å². The topological polar surface area (TPSA) is 82.3 Å². The largest absolute Gasteiger partial charge is 0.329 e. The number of rotatable bonds is 5. The third-order valence-corrected chi connectivity index (χ3v) is 4.46. The summed E-state index contributed by atoms with van der Waals surface area (Å²) in [6.45, 7) is 0. The van der Waals surface area contributed by atoms with Crippen LogP contribution in [0, 0.1) is 0 Å². The maximum absolute atomic E-state index is 12.2. The summed E-state index contributed by atoms with van der Waals surface area (Å²) in [6.07, 6.45) is 0. The minimum absolute atomic E-state index is 0.118. The van der Waals surface area contributed by atoms with Crippen LogP contribution in [0.25, 0.3) is 0 Å². The molecule has 1 aliphatic heterocycles. The van der Waals surface area contributed by atoms with Gasteiger partial charge in [0.05, 0.1) is 5.75 Å². The van der Waals surface area contributed by atoms with Gasteiger partial charge in [0.15, 0.2) is 0 Å². The van der Waals surface area contributed by atoms with Crippen LogP contribution in [0.2, 0.25) is 0 Å². The van der Waals surface area contributed by atoms with E-state index >= 15 is 0 Å². The van der Waals surface area contributed by atoms with Crippen LogP contribution >= 0.6 is 11.8 Å². The Morgan fingerprint density at radius 3 is 2.33 bits per heavy atom. The Morgan fingerprint density at radius 2 is 1.67 bits per heavy atom. The minimum Gasteiger partial charge on any atom is -0.329 e. The Kier molecular flexibility index (Phi) is 5.47. The van der Waals surface area contributed by atoms with E-state index in [4.69, 9.17) is 0 Å². The monoisotopic (exact) mass is 342 g/mol. The van der Waals surface area contributed by atoms with Crippen LogP contribution < -0.4 is 21.5 Å². The van der Waals surface area contributed by atoms with Gasteiger partial charge in [-0.05, 0) is 17.7 Å². The number of nitrogens with one attached hydrogen (secondary N) is 4. The number of carbonyl (C=O) groups excluding carboxylic acids is 2. The molecule has 2 atom stereocenters. The molecule has 0 saturated carbocycles. The number of para-hydroxylation sites is 1. The average molecular weight is 342 g/mol. The number of benzene rings is 2.